The molecule has 17 heavy (non-hydrogen) atoms. The van der Waals surface area contributed by atoms with Crippen molar-refractivity contribution in [3.05, 3.63) is 42.1 Å². The molecule has 88 valence electrons. The van der Waals surface area contributed by atoms with Crippen LogP contribution in [-0.4, -0.2) is 23.5 Å². The highest BCUT2D eigenvalue weighted by molar-refractivity contribution is 6.05. The Labute approximate surface area is 99.8 Å². The summed E-state index contributed by atoms with van der Waals surface area (Å²) in [5, 5.41) is 3.66. The van der Waals surface area contributed by atoms with Gasteiger partial charge in [0, 0.05) is 24.2 Å². The minimum Gasteiger partial charge on any atom is -0.350 e. The summed E-state index contributed by atoms with van der Waals surface area (Å²) in [6.45, 7) is 2.32. The highest BCUT2D eigenvalue weighted by atomic mass is 16.1. The summed E-state index contributed by atoms with van der Waals surface area (Å²) in [4.78, 5) is 16.2. The van der Waals surface area contributed by atoms with E-state index in [9.17, 15) is 4.79 Å². The second-order valence-corrected chi connectivity index (χ2v) is 4.06. The van der Waals surface area contributed by atoms with Crippen molar-refractivity contribution >= 4 is 16.8 Å². The van der Waals surface area contributed by atoms with Crippen molar-refractivity contribution < 1.29 is 4.79 Å². The number of carbonyl (C=O) groups is 1. The van der Waals surface area contributed by atoms with Gasteiger partial charge >= 0.3 is 0 Å². The number of pyridine rings is 1. The number of para-hydroxylation sites is 1. The number of nitrogens with two attached hydrogens (primary N) is 1. The van der Waals surface area contributed by atoms with Crippen LogP contribution in [0.25, 0.3) is 10.9 Å². The van der Waals surface area contributed by atoms with E-state index in [0.29, 0.717) is 12.1 Å². The van der Waals surface area contributed by atoms with Gasteiger partial charge in [-0.15, -0.1) is 0 Å². The third kappa shape index (κ3) is 2.60. The van der Waals surface area contributed by atoms with Gasteiger partial charge in [0.05, 0.1) is 11.1 Å². The molecule has 1 aromatic carbocycles. The van der Waals surface area contributed by atoms with Gasteiger partial charge in [-0.2, -0.15) is 0 Å². The minimum atomic E-state index is -0.110. The largest absolute Gasteiger partial charge is 0.350 e. The topological polar surface area (TPSA) is 68.0 Å². The molecule has 1 heterocycles. The molecule has 4 heteroatoms. The molecule has 2 aromatic rings. The van der Waals surface area contributed by atoms with Gasteiger partial charge in [0.15, 0.2) is 0 Å². The molecule has 0 bridgehead atoms. The molecule has 0 radical (unpaired) electrons. The number of benzene rings is 1. The first-order valence-electron chi connectivity index (χ1n) is 5.56. The first-order chi connectivity index (χ1) is 8.18. The van der Waals surface area contributed by atoms with Crippen LogP contribution in [0.1, 0.15) is 17.3 Å². The van der Waals surface area contributed by atoms with Crippen molar-refractivity contribution in [2.75, 3.05) is 6.54 Å². The van der Waals surface area contributed by atoms with E-state index in [0.717, 1.165) is 10.9 Å². The Hall–Kier alpha value is -1.94. The van der Waals surface area contributed by atoms with Gasteiger partial charge in [0.1, 0.15) is 0 Å². The molecule has 1 unspecified atom stereocenters. The molecular formula is C13H15N3O. The lowest BCUT2D eigenvalue weighted by molar-refractivity contribution is 0.0953. The van der Waals surface area contributed by atoms with Crippen molar-refractivity contribution in [2.24, 2.45) is 5.73 Å². The predicted molar refractivity (Wildman–Crippen MR) is 67.7 cm³/mol. The van der Waals surface area contributed by atoms with Crippen molar-refractivity contribution in [1.29, 1.82) is 0 Å². The van der Waals surface area contributed by atoms with Gasteiger partial charge in [-0.05, 0) is 19.1 Å². The van der Waals surface area contributed by atoms with Gasteiger partial charge in [0.2, 0.25) is 0 Å². The normalized spacial score (nSPS) is 12.4. The maximum absolute atomic E-state index is 12.0. The van der Waals surface area contributed by atoms with Crippen LogP contribution in [0.5, 0.6) is 0 Å². The van der Waals surface area contributed by atoms with Crippen LogP contribution in [0.2, 0.25) is 0 Å². The molecule has 1 aromatic heterocycles. The molecule has 3 N–H and O–H groups in total. The zero-order valence-electron chi connectivity index (χ0n) is 9.68. The van der Waals surface area contributed by atoms with E-state index in [1.807, 2.05) is 31.2 Å². The third-order valence-corrected chi connectivity index (χ3v) is 2.48. The molecule has 0 aliphatic rings. The number of nitrogens with zero attached hydrogens (tertiary/aromatic N) is 1. The molecular weight excluding hydrogens is 214 g/mol. The van der Waals surface area contributed by atoms with Crippen LogP contribution in [-0.2, 0) is 0 Å². The molecule has 0 aliphatic carbocycles. The second-order valence-electron chi connectivity index (χ2n) is 4.06. The van der Waals surface area contributed by atoms with E-state index in [-0.39, 0.29) is 11.9 Å². The van der Waals surface area contributed by atoms with Crippen LogP contribution < -0.4 is 11.1 Å². The van der Waals surface area contributed by atoms with Crippen molar-refractivity contribution in [1.82, 2.24) is 10.3 Å². The number of nitrogens with one attached hydrogen (secondary N) is 1. The third-order valence-electron chi connectivity index (χ3n) is 2.48. The Morgan fingerprint density at radius 2 is 2.18 bits per heavy atom. The number of rotatable bonds is 3. The van der Waals surface area contributed by atoms with Crippen LogP contribution in [0.15, 0.2) is 36.5 Å². The number of amides is 1. The Morgan fingerprint density at radius 1 is 1.41 bits per heavy atom. The van der Waals surface area contributed by atoms with Crippen LogP contribution in [0.3, 0.4) is 0 Å². The maximum atomic E-state index is 12.0. The van der Waals surface area contributed by atoms with Gasteiger partial charge in [-0.1, -0.05) is 18.2 Å². The summed E-state index contributed by atoms with van der Waals surface area (Å²) in [6.07, 6.45) is 1.64. The summed E-state index contributed by atoms with van der Waals surface area (Å²) in [5.41, 5.74) is 7.06. The molecule has 2 rings (SSSR count). The van der Waals surface area contributed by atoms with E-state index in [1.165, 1.54) is 0 Å². The van der Waals surface area contributed by atoms with Crippen molar-refractivity contribution in [2.45, 2.75) is 13.0 Å². The zero-order chi connectivity index (χ0) is 12.3. The number of hydrogen-bond acceptors (Lipinski definition) is 3. The number of fused-ring (bicyclic) bond motifs is 1. The van der Waals surface area contributed by atoms with Crippen LogP contribution in [0, 0.1) is 0 Å². The van der Waals surface area contributed by atoms with E-state index in [2.05, 4.69) is 10.3 Å². The van der Waals surface area contributed by atoms with E-state index < -0.39 is 0 Å². The lowest BCUT2D eigenvalue weighted by Crippen LogP contribution is -2.35. The molecule has 4 nitrogen and oxygen atoms in total. The summed E-state index contributed by atoms with van der Waals surface area (Å²) >= 11 is 0. The summed E-state index contributed by atoms with van der Waals surface area (Å²) in [7, 11) is 0. The Kier molecular flexibility index (Phi) is 3.35. The van der Waals surface area contributed by atoms with Crippen molar-refractivity contribution in [3.63, 3.8) is 0 Å². The van der Waals surface area contributed by atoms with Crippen LogP contribution >= 0.6 is 0 Å². The summed E-state index contributed by atoms with van der Waals surface area (Å²) < 4.78 is 0. The van der Waals surface area contributed by atoms with Gasteiger partial charge in [-0.25, -0.2) is 0 Å². The van der Waals surface area contributed by atoms with E-state index in [1.54, 1.807) is 12.3 Å². The van der Waals surface area contributed by atoms with Gasteiger partial charge in [-0.3, -0.25) is 9.78 Å². The average Bonchev–Trinajstić information content (AvgIpc) is 2.35. The molecule has 0 saturated heterocycles. The fourth-order valence-corrected chi connectivity index (χ4v) is 1.64. The standard InChI is InChI=1S/C13H15N3O/c1-9(14)8-16-13(17)11-6-7-15-12-5-3-2-4-10(11)12/h2-7,9H,8,14H2,1H3,(H,16,17). The maximum Gasteiger partial charge on any atom is 0.252 e. The van der Waals surface area contributed by atoms with E-state index in [4.69, 9.17) is 5.73 Å². The zero-order valence-corrected chi connectivity index (χ0v) is 9.68. The second kappa shape index (κ2) is 4.93. The van der Waals surface area contributed by atoms with E-state index >= 15 is 0 Å². The average molecular weight is 229 g/mol. The predicted octanol–water partition coefficient (Wildman–Crippen LogP) is 1.31. The molecule has 0 saturated carbocycles. The summed E-state index contributed by atoms with van der Waals surface area (Å²) in [5.74, 6) is -0.110. The van der Waals surface area contributed by atoms with Crippen molar-refractivity contribution in [3.8, 4) is 0 Å². The highest BCUT2D eigenvalue weighted by Gasteiger charge is 2.09. The molecule has 0 aliphatic heterocycles. The highest BCUT2D eigenvalue weighted by Crippen LogP contribution is 2.15. The number of hydrogen-bond donors (Lipinski definition) is 2. The quantitative estimate of drug-likeness (QED) is 0.833. The molecule has 0 spiro atoms. The monoisotopic (exact) mass is 229 g/mol. The Balaban J connectivity index is 2.32. The molecule has 1 amide bonds. The minimum absolute atomic E-state index is 0.0490. The van der Waals surface area contributed by atoms with Crippen LogP contribution in [0.4, 0.5) is 0 Å². The van der Waals surface area contributed by atoms with Gasteiger partial charge in [0.25, 0.3) is 5.91 Å². The lowest BCUT2D eigenvalue weighted by atomic mass is 10.1. The fourth-order valence-electron chi connectivity index (χ4n) is 1.64. The molecule has 1 atom stereocenters. The first kappa shape index (κ1) is 11.5. The summed E-state index contributed by atoms with van der Waals surface area (Å²) in [6, 6.07) is 9.25. The first-order valence-corrected chi connectivity index (χ1v) is 5.56. The van der Waals surface area contributed by atoms with Gasteiger partial charge < -0.3 is 11.1 Å². The molecule has 0 fully saturated rings. The number of aromatic nitrogens is 1. The fraction of sp³-hybridized carbons (Fsp3) is 0.231. The number of carbonyl (C=O) groups excluding carboxylic acids is 1. The Morgan fingerprint density at radius 3 is 2.94 bits per heavy atom. The smallest absolute Gasteiger partial charge is 0.252 e. The Bertz CT molecular complexity index is 532. The SMILES string of the molecule is CC(N)CNC(=O)c1ccnc2ccccc12. The lowest BCUT2D eigenvalue weighted by Gasteiger charge is -2.09.